The molecule has 0 unspecified atom stereocenters. The molecule has 1 N–H and O–H groups in total. The van der Waals surface area contributed by atoms with E-state index in [9.17, 15) is 12.8 Å². The lowest BCUT2D eigenvalue weighted by atomic mass is 10.1. The number of fused-ring (bicyclic) bond motifs is 1. The standard InChI is InChI=1S/C20H29F2N5O2SSi/c1-13(2)19-14(8-10-31(4,5)6)18(22)17-11-23-20(25-27(17)19)24-16-7-9-26(12-15(16)21)30(3,28)29/h11,13,15-16H,7,9,12H2,1-6H3,(H,24,25)/t15-,16-/m1/s1. The zero-order valence-electron chi connectivity index (χ0n) is 18.7. The van der Waals surface area contributed by atoms with Gasteiger partial charge < -0.3 is 5.32 Å². The molecule has 31 heavy (non-hydrogen) atoms. The highest BCUT2D eigenvalue weighted by Gasteiger charge is 2.33. The second kappa shape index (κ2) is 8.48. The Labute approximate surface area is 183 Å². The van der Waals surface area contributed by atoms with Gasteiger partial charge in [-0.25, -0.2) is 26.7 Å². The smallest absolute Gasteiger partial charge is 0.241 e. The molecule has 1 aliphatic heterocycles. The van der Waals surface area contributed by atoms with Crippen molar-refractivity contribution >= 4 is 29.6 Å². The van der Waals surface area contributed by atoms with E-state index in [4.69, 9.17) is 0 Å². The zero-order chi connectivity index (χ0) is 23.1. The van der Waals surface area contributed by atoms with Crippen molar-refractivity contribution in [3.05, 3.63) is 23.3 Å². The van der Waals surface area contributed by atoms with Crippen LogP contribution >= 0.6 is 0 Å². The number of halogens is 2. The average Bonchev–Trinajstić information content (AvgIpc) is 2.92. The van der Waals surface area contributed by atoms with Crippen molar-refractivity contribution in [1.82, 2.24) is 18.9 Å². The molecular weight excluding hydrogens is 440 g/mol. The van der Waals surface area contributed by atoms with E-state index >= 15 is 4.39 Å². The molecule has 0 amide bonds. The van der Waals surface area contributed by atoms with E-state index in [2.05, 4.69) is 46.5 Å². The van der Waals surface area contributed by atoms with E-state index in [1.54, 1.807) is 0 Å². The van der Waals surface area contributed by atoms with Gasteiger partial charge in [-0.3, -0.25) is 0 Å². The number of aromatic nitrogens is 3. The van der Waals surface area contributed by atoms with Crippen molar-refractivity contribution < 1.29 is 17.2 Å². The second-order valence-corrected chi connectivity index (χ2v) is 16.0. The Bertz CT molecular complexity index is 1150. The van der Waals surface area contributed by atoms with Crippen LogP contribution in [0.4, 0.5) is 14.7 Å². The van der Waals surface area contributed by atoms with Crippen LogP contribution in [0.1, 0.15) is 37.4 Å². The molecule has 2 aromatic heterocycles. The van der Waals surface area contributed by atoms with Gasteiger partial charge in [0.1, 0.15) is 19.8 Å². The summed E-state index contributed by atoms with van der Waals surface area (Å²) in [6.45, 7) is 10.1. The quantitative estimate of drug-likeness (QED) is 0.550. The minimum Gasteiger partial charge on any atom is -0.347 e. The molecule has 0 aromatic carbocycles. The van der Waals surface area contributed by atoms with Crippen molar-refractivity contribution in [2.24, 2.45) is 0 Å². The minimum atomic E-state index is -3.44. The van der Waals surface area contributed by atoms with Crippen LogP contribution < -0.4 is 5.32 Å². The predicted octanol–water partition coefficient (Wildman–Crippen LogP) is 3.00. The Morgan fingerprint density at radius 1 is 1.32 bits per heavy atom. The summed E-state index contributed by atoms with van der Waals surface area (Å²) in [5.41, 5.74) is 4.40. The third-order valence-electron chi connectivity index (χ3n) is 5.06. The molecule has 1 fully saturated rings. The number of sulfonamides is 1. The fourth-order valence-electron chi connectivity index (χ4n) is 3.51. The van der Waals surface area contributed by atoms with Gasteiger partial charge in [0.25, 0.3) is 0 Å². The Hall–Kier alpha value is -2.03. The third-order valence-corrected chi connectivity index (χ3v) is 7.20. The largest absolute Gasteiger partial charge is 0.347 e. The van der Waals surface area contributed by atoms with Crippen molar-refractivity contribution in [2.75, 3.05) is 24.7 Å². The molecule has 0 aliphatic carbocycles. The Balaban J connectivity index is 1.94. The molecule has 0 saturated carbocycles. The zero-order valence-corrected chi connectivity index (χ0v) is 20.5. The number of piperidine rings is 1. The van der Waals surface area contributed by atoms with Gasteiger partial charge in [0.05, 0.1) is 29.8 Å². The topological polar surface area (TPSA) is 79.6 Å². The number of anilines is 1. The monoisotopic (exact) mass is 469 g/mol. The van der Waals surface area contributed by atoms with E-state index in [1.807, 2.05) is 13.8 Å². The Kier molecular flexibility index (Phi) is 6.46. The summed E-state index contributed by atoms with van der Waals surface area (Å²) in [5, 5.41) is 7.37. The van der Waals surface area contributed by atoms with Crippen LogP contribution in [0.25, 0.3) is 5.52 Å². The van der Waals surface area contributed by atoms with Crippen LogP contribution in [-0.2, 0) is 10.0 Å². The van der Waals surface area contributed by atoms with Crippen LogP contribution in [0.5, 0.6) is 0 Å². The van der Waals surface area contributed by atoms with E-state index in [0.717, 1.165) is 10.6 Å². The first-order chi connectivity index (χ1) is 14.3. The highest BCUT2D eigenvalue weighted by molar-refractivity contribution is 7.88. The fourth-order valence-corrected chi connectivity index (χ4v) is 4.86. The normalized spacial score (nSPS) is 20.7. The van der Waals surface area contributed by atoms with Gasteiger partial charge in [-0.2, -0.15) is 4.31 Å². The molecule has 1 aliphatic rings. The summed E-state index contributed by atoms with van der Waals surface area (Å²) in [5.74, 6) is 2.69. The molecule has 3 rings (SSSR count). The minimum absolute atomic E-state index is 0.0439. The van der Waals surface area contributed by atoms with E-state index in [-0.39, 0.29) is 36.9 Å². The van der Waals surface area contributed by atoms with Gasteiger partial charge in [-0.15, -0.1) is 10.6 Å². The first-order valence-corrected chi connectivity index (χ1v) is 15.6. The third kappa shape index (κ3) is 5.24. The lowest BCUT2D eigenvalue weighted by molar-refractivity contribution is 0.186. The summed E-state index contributed by atoms with van der Waals surface area (Å²) in [6, 6.07) is -0.635. The Morgan fingerprint density at radius 2 is 2.00 bits per heavy atom. The van der Waals surface area contributed by atoms with Crippen LogP contribution in [0, 0.1) is 17.3 Å². The van der Waals surface area contributed by atoms with E-state index in [1.165, 1.54) is 10.7 Å². The lowest BCUT2D eigenvalue weighted by Crippen LogP contribution is -2.49. The van der Waals surface area contributed by atoms with Gasteiger partial charge in [-0.1, -0.05) is 39.4 Å². The first kappa shape index (κ1) is 23.6. The van der Waals surface area contributed by atoms with E-state index in [0.29, 0.717) is 11.3 Å². The number of alkyl halides is 1. The van der Waals surface area contributed by atoms with Crippen molar-refractivity contribution in [1.29, 1.82) is 0 Å². The number of hydrogen-bond acceptors (Lipinski definition) is 5. The van der Waals surface area contributed by atoms with Crippen LogP contribution in [0.3, 0.4) is 0 Å². The van der Waals surface area contributed by atoms with E-state index < -0.39 is 36.1 Å². The van der Waals surface area contributed by atoms with Crippen molar-refractivity contribution in [3.63, 3.8) is 0 Å². The van der Waals surface area contributed by atoms with Gasteiger partial charge in [0, 0.05) is 13.1 Å². The predicted molar refractivity (Wildman–Crippen MR) is 121 cm³/mol. The molecule has 2 aromatic rings. The summed E-state index contributed by atoms with van der Waals surface area (Å²) in [4.78, 5) is 4.17. The summed E-state index contributed by atoms with van der Waals surface area (Å²) >= 11 is 0. The molecule has 1 saturated heterocycles. The average molecular weight is 470 g/mol. The summed E-state index contributed by atoms with van der Waals surface area (Å²) < 4.78 is 55.6. The number of rotatable bonds is 4. The molecule has 3 heterocycles. The van der Waals surface area contributed by atoms with Gasteiger partial charge >= 0.3 is 0 Å². The number of nitrogens with zero attached hydrogens (tertiary/aromatic N) is 4. The van der Waals surface area contributed by atoms with Gasteiger partial charge in [0.2, 0.25) is 16.0 Å². The Morgan fingerprint density at radius 3 is 2.55 bits per heavy atom. The molecule has 7 nitrogen and oxygen atoms in total. The van der Waals surface area contributed by atoms with Crippen LogP contribution in [0.2, 0.25) is 19.6 Å². The van der Waals surface area contributed by atoms with Crippen LogP contribution in [-0.4, -0.2) is 67.0 Å². The highest BCUT2D eigenvalue weighted by atomic mass is 32.2. The van der Waals surface area contributed by atoms with Gasteiger partial charge in [0.15, 0.2) is 5.82 Å². The first-order valence-electron chi connectivity index (χ1n) is 10.2. The molecule has 2 atom stereocenters. The van der Waals surface area contributed by atoms with Crippen LogP contribution in [0.15, 0.2) is 6.20 Å². The number of hydrogen-bond donors (Lipinski definition) is 1. The maximum absolute atomic E-state index is 15.1. The summed E-state index contributed by atoms with van der Waals surface area (Å²) in [6.07, 6.45) is 1.31. The summed E-state index contributed by atoms with van der Waals surface area (Å²) in [7, 11) is -5.15. The maximum Gasteiger partial charge on any atom is 0.241 e. The molecule has 170 valence electrons. The van der Waals surface area contributed by atoms with Crippen molar-refractivity contribution in [2.45, 2.75) is 58.0 Å². The molecule has 0 radical (unpaired) electrons. The number of nitrogens with one attached hydrogen (secondary N) is 1. The molecule has 0 spiro atoms. The second-order valence-electron chi connectivity index (χ2n) is 9.28. The fraction of sp³-hybridized carbons (Fsp3) is 0.600. The molecular formula is C20H29F2N5O2SSi. The SMILES string of the molecule is CC(C)c1c(C#C[Si](C)(C)C)c(F)c2cnc(N[C@@H]3CCN(S(C)(=O)=O)C[C@H]3F)nn12. The molecule has 0 bridgehead atoms. The van der Waals surface area contributed by atoms with Crippen molar-refractivity contribution in [3.8, 4) is 11.5 Å². The van der Waals surface area contributed by atoms with Gasteiger partial charge in [-0.05, 0) is 12.3 Å². The highest BCUT2D eigenvalue weighted by Crippen LogP contribution is 2.27. The lowest BCUT2D eigenvalue weighted by Gasteiger charge is -2.33. The maximum atomic E-state index is 15.1. The molecule has 11 heteroatoms.